The quantitative estimate of drug-likeness (QED) is 0.188. The zero-order valence-electron chi connectivity index (χ0n) is 7.07. The molecule has 0 fully saturated rings. The van der Waals surface area contributed by atoms with E-state index < -0.39 is 5.91 Å². The van der Waals surface area contributed by atoms with Crippen LogP contribution in [0.2, 0.25) is 0 Å². The van der Waals surface area contributed by atoms with E-state index in [4.69, 9.17) is 10.8 Å². The van der Waals surface area contributed by atoms with Gasteiger partial charge in [-0.3, -0.25) is 9.59 Å². The molecule has 0 aromatic heterocycles. The number of hydrogen-bond donors (Lipinski definition) is 2. The molecule has 0 atom stereocenters. The molecule has 0 aliphatic rings. The first-order valence-corrected chi connectivity index (χ1v) is 3.30. The number of aldehydes is 1. The molecule has 68 valence electrons. The summed E-state index contributed by atoms with van der Waals surface area (Å²) in [4.78, 5) is 22.4. The smallest absolute Gasteiger partial charge is 0.255 e. The predicted octanol–water partition coefficient (Wildman–Crippen LogP) is -0.956. The second kappa shape index (κ2) is 4.50. The summed E-state index contributed by atoms with van der Waals surface area (Å²) in [6.07, 6.45) is 0.251. The molecular weight excluding hydrogens is 160 g/mol. The van der Waals surface area contributed by atoms with Crippen LogP contribution in [0.25, 0.3) is 0 Å². The first kappa shape index (κ1) is 10.6. The Morgan fingerprint density at radius 3 is 2.33 bits per heavy atom. The van der Waals surface area contributed by atoms with E-state index in [9.17, 15) is 9.59 Å². The summed E-state index contributed by atoms with van der Waals surface area (Å²) in [5.41, 5.74) is 4.45. The zero-order chi connectivity index (χ0) is 9.72. The lowest BCUT2D eigenvalue weighted by Gasteiger charge is -2.08. The molecule has 0 radical (unpaired) electrons. The molecule has 5 heteroatoms. The number of carbonyl (C=O) groups excluding carboxylic acids is 2. The summed E-state index contributed by atoms with van der Waals surface area (Å²) in [7, 11) is 3.39. The first-order valence-electron chi connectivity index (χ1n) is 3.30. The van der Waals surface area contributed by atoms with E-state index in [2.05, 4.69) is 0 Å². The fourth-order valence-corrected chi connectivity index (χ4v) is 0.653. The van der Waals surface area contributed by atoms with Crippen molar-refractivity contribution in [3.05, 3.63) is 11.3 Å². The van der Waals surface area contributed by atoms with Gasteiger partial charge in [0.1, 0.15) is 11.3 Å². The molecule has 0 saturated heterocycles. The number of aliphatic hydroxyl groups is 1. The minimum absolute atomic E-state index is 0.122. The van der Waals surface area contributed by atoms with Gasteiger partial charge in [-0.25, -0.2) is 0 Å². The minimum Gasteiger partial charge on any atom is -0.510 e. The van der Waals surface area contributed by atoms with Crippen molar-refractivity contribution in [2.24, 2.45) is 5.73 Å². The Balaban J connectivity index is 4.60. The van der Waals surface area contributed by atoms with Gasteiger partial charge in [0.05, 0.1) is 6.54 Å². The van der Waals surface area contributed by atoms with E-state index in [0.717, 1.165) is 0 Å². The van der Waals surface area contributed by atoms with E-state index >= 15 is 0 Å². The number of aliphatic hydroxyl groups excluding tert-OH is 1. The fourth-order valence-electron chi connectivity index (χ4n) is 0.653. The Morgan fingerprint density at radius 2 is 2.08 bits per heavy atom. The Morgan fingerprint density at radius 1 is 1.58 bits per heavy atom. The van der Waals surface area contributed by atoms with Crippen LogP contribution < -0.4 is 5.73 Å². The van der Waals surface area contributed by atoms with E-state index in [1.54, 1.807) is 19.0 Å². The molecule has 0 heterocycles. The SMILES string of the molecule is CN(C)C/C(O)=C(\C=O)C(N)=O. The predicted molar refractivity (Wildman–Crippen MR) is 43.5 cm³/mol. The molecule has 0 aliphatic carbocycles. The number of hydrogen-bond acceptors (Lipinski definition) is 4. The average molecular weight is 172 g/mol. The normalized spacial score (nSPS) is 12.6. The molecular formula is C7H12N2O3. The molecule has 12 heavy (non-hydrogen) atoms. The van der Waals surface area contributed by atoms with Crippen molar-refractivity contribution in [3.8, 4) is 0 Å². The molecule has 0 aromatic carbocycles. The average Bonchev–Trinajstić information content (AvgIpc) is 1.85. The maximum absolute atomic E-state index is 10.5. The fraction of sp³-hybridized carbons (Fsp3) is 0.429. The highest BCUT2D eigenvalue weighted by molar-refractivity contribution is 6.10. The molecule has 5 nitrogen and oxygen atoms in total. The summed E-state index contributed by atoms with van der Waals surface area (Å²) in [6.45, 7) is 0.122. The standard InChI is InChI=1S/C7H12N2O3/c1-9(2)3-6(11)5(4-10)7(8)12/h4,11H,3H2,1-2H3,(H2,8,12)/b6-5-. The van der Waals surface area contributed by atoms with Crippen LogP contribution in [-0.4, -0.2) is 42.8 Å². The number of nitrogens with zero attached hydrogens (tertiary/aromatic N) is 1. The van der Waals surface area contributed by atoms with Gasteiger partial charge in [0.2, 0.25) is 0 Å². The van der Waals surface area contributed by atoms with Gasteiger partial charge in [0.15, 0.2) is 6.29 Å². The number of nitrogens with two attached hydrogens (primary N) is 1. The zero-order valence-corrected chi connectivity index (χ0v) is 7.07. The first-order chi connectivity index (χ1) is 5.49. The Labute approximate surface area is 70.5 Å². The van der Waals surface area contributed by atoms with Crippen LogP contribution in [0.15, 0.2) is 11.3 Å². The maximum atomic E-state index is 10.5. The summed E-state index contributed by atoms with van der Waals surface area (Å²) in [5.74, 6) is -1.22. The molecule has 3 N–H and O–H groups in total. The third kappa shape index (κ3) is 3.16. The topological polar surface area (TPSA) is 83.6 Å². The van der Waals surface area contributed by atoms with Crippen molar-refractivity contribution in [1.29, 1.82) is 0 Å². The van der Waals surface area contributed by atoms with Crippen molar-refractivity contribution in [2.75, 3.05) is 20.6 Å². The van der Waals surface area contributed by atoms with Crippen LogP contribution in [-0.2, 0) is 9.59 Å². The van der Waals surface area contributed by atoms with Crippen LogP contribution in [0.4, 0.5) is 0 Å². The van der Waals surface area contributed by atoms with Gasteiger partial charge < -0.3 is 15.7 Å². The third-order valence-corrected chi connectivity index (χ3v) is 1.16. The van der Waals surface area contributed by atoms with Crippen molar-refractivity contribution in [1.82, 2.24) is 4.90 Å². The van der Waals surface area contributed by atoms with Crippen LogP contribution >= 0.6 is 0 Å². The molecule has 0 rings (SSSR count). The highest BCUT2D eigenvalue weighted by Crippen LogP contribution is 1.98. The van der Waals surface area contributed by atoms with Gasteiger partial charge in [-0.05, 0) is 14.1 Å². The maximum Gasteiger partial charge on any atom is 0.255 e. The van der Waals surface area contributed by atoms with Crippen molar-refractivity contribution in [3.63, 3.8) is 0 Å². The van der Waals surface area contributed by atoms with E-state index in [1.807, 2.05) is 0 Å². The molecule has 0 aromatic rings. The molecule has 0 unspecified atom stereocenters. The lowest BCUT2D eigenvalue weighted by molar-refractivity contribution is -0.117. The third-order valence-electron chi connectivity index (χ3n) is 1.16. The summed E-state index contributed by atoms with van der Waals surface area (Å²) in [5, 5.41) is 9.16. The van der Waals surface area contributed by atoms with E-state index in [1.165, 1.54) is 0 Å². The number of carbonyl (C=O) groups is 2. The monoisotopic (exact) mass is 172 g/mol. The molecule has 0 saturated carbocycles. The van der Waals surface area contributed by atoms with Crippen LogP contribution in [0, 0.1) is 0 Å². The Kier molecular flexibility index (Phi) is 3.99. The largest absolute Gasteiger partial charge is 0.510 e. The van der Waals surface area contributed by atoms with Crippen molar-refractivity contribution in [2.45, 2.75) is 0 Å². The summed E-state index contributed by atoms with van der Waals surface area (Å²) >= 11 is 0. The lowest BCUT2D eigenvalue weighted by atomic mass is 10.2. The van der Waals surface area contributed by atoms with Crippen LogP contribution in [0.5, 0.6) is 0 Å². The van der Waals surface area contributed by atoms with Gasteiger partial charge in [-0.15, -0.1) is 0 Å². The van der Waals surface area contributed by atoms with Gasteiger partial charge in [-0.2, -0.15) is 0 Å². The summed E-state index contributed by atoms with van der Waals surface area (Å²) in [6, 6.07) is 0. The number of rotatable bonds is 4. The molecule has 0 bridgehead atoms. The van der Waals surface area contributed by atoms with Crippen LogP contribution in [0.3, 0.4) is 0 Å². The molecule has 0 spiro atoms. The number of primary amides is 1. The van der Waals surface area contributed by atoms with Gasteiger partial charge in [0, 0.05) is 0 Å². The second-order valence-corrected chi connectivity index (χ2v) is 2.58. The van der Waals surface area contributed by atoms with Gasteiger partial charge in [0.25, 0.3) is 5.91 Å². The van der Waals surface area contributed by atoms with Crippen LogP contribution in [0.1, 0.15) is 0 Å². The molecule has 1 amide bonds. The molecule has 0 aliphatic heterocycles. The van der Waals surface area contributed by atoms with Crippen molar-refractivity contribution < 1.29 is 14.7 Å². The lowest BCUT2D eigenvalue weighted by Crippen LogP contribution is -2.22. The van der Waals surface area contributed by atoms with Gasteiger partial charge >= 0.3 is 0 Å². The Hall–Kier alpha value is -1.36. The van der Waals surface area contributed by atoms with E-state index in [-0.39, 0.29) is 24.2 Å². The van der Waals surface area contributed by atoms with Crippen molar-refractivity contribution >= 4 is 12.2 Å². The number of amides is 1. The highest BCUT2D eigenvalue weighted by Gasteiger charge is 2.10. The van der Waals surface area contributed by atoms with E-state index in [0.29, 0.717) is 0 Å². The minimum atomic E-state index is -0.913. The van der Waals surface area contributed by atoms with Gasteiger partial charge in [-0.1, -0.05) is 0 Å². The second-order valence-electron chi connectivity index (χ2n) is 2.58. The highest BCUT2D eigenvalue weighted by atomic mass is 16.3. The summed E-state index contributed by atoms with van der Waals surface area (Å²) < 4.78 is 0. The number of likely N-dealkylation sites (N-methyl/N-ethyl adjacent to an activating group) is 1. The Bertz CT molecular complexity index is 221.